The Bertz CT molecular complexity index is 1240. The summed E-state index contributed by atoms with van der Waals surface area (Å²) >= 11 is 0. The van der Waals surface area contributed by atoms with Gasteiger partial charge in [0.2, 0.25) is 0 Å². The lowest BCUT2D eigenvalue weighted by atomic mass is 9.76. The molecule has 0 saturated carbocycles. The van der Waals surface area contributed by atoms with Crippen molar-refractivity contribution >= 4 is 17.6 Å². The van der Waals surface area contributed by atoms with Crippen molar-refractivity contribution in [2.75, 3.05) is 18.0 Å². The molecule has 2 atom stereocenters. The van der Waals surface area contributed by atoms with Gasteiger partial charge in [-0.05, 0) is 77.1 Å². The molecule has 3 nitrogen and oxygen atoms in total. The molecule has 4 aromatic carbocycles. The highest BCUT2D eigenvalue weighted by molar-refractivity contribution is 5.83. The lowest BCUT2D eigenvalue weighted by Crippen LogP contribution is -2.37. The molecule has 168 valence electrons. The molecule has 0 fully saturated rings. The molecule has 0 bridgehead atoms. The molecule has 0 radical (unpaired) electrons. The number of aromatic hydroxyl groups is 1. The highest BCUT2D eigenvalue weighted by Crippen LogP contribution is 2.49. The summed E-state index contributed by atoms with van der Waals surface area (Å²) in [5.41, 5.74) is 8.94. The third kappa shape index (κ3) is 3.88. The van der Waals surface area contributed by atoms with Gasteiger partial charge in [-0.3, -0.25) is 4.99 Å². The molecule has 6 rings (SSSR count). The first-order valence-electron chi connectivity index (χ1n) is 12.1. The van der Waals surface area contributed by atoms with Crippen molar-refractivity contribution in [1.82, 2.24) is 0 Å². The molecule has 3 heteroatoms. The van der Waals surface area contributed by atoms with Crippen LogP contribution in [0.4, 0.5) is 11.4 Å². The largest absolute Gasteiger partial charge is 0.508 e. The molecule has 0 spiro atoms. The molecular formula is C31H28N2O. The van der Waals surface area contributed by atoms with Crippen LogP contribution in [-0.2, 0) is 0 Å². The Hall–Kier alpha value is -3.85. The van der Waals surface area contributed by atoms with Crippen molar-refractivity contribution in [3.05, 3.63) is 125 Å². The minimum Gasteiger partial charge on any atom is -0.508 e. The van der Waals surface area contributed by atoms with Crippen LogP contribution in [0.3, 0.4) is 0 Å². The van der Waals surface area contributed by atoms with E-state index in [1.165, 1.54) is 27.9 Å². The third-order valence-corrected chi connectivity index (χ3v) is 7.26. The van der Waals surface area contributed by atoms with Crippen molar-refractivity contribution in [1.29, 1.82) is 0 Å². The van der Waals surface area contributed by atoms with E-state index in [0.29, 0.717) is 11.8 Å². The summed E-state index contributed by atoms with van der Waals surface area (Å²) in [5.74, 6) is 1.03. The minimum atomic E-state index is 0.270. The second-order valence-corrected chi connectivity index (χ2v) is 9.31. The van der Waals surface area contributed by atoms with E-state index in [9.17, 15) is 5.11 Å². The Morgan fingerprint density at radius 3 is 1.76 bits per heavy atom. The lowest BCUT2D eigenvalue weighted by Gasteiger charge is -2.43. The first kappa shape index (κ1) is 20.7. The number of phenolic OH excluding ortho intramolecular Hbond substituents is 1. The Morgan fingerprint density at radius 2 is 1.24 bits per heavy atom. The minimum absolute atomic E-state index is 0.270. The van der Waals surface area contributed by atoms with Gasteiger partial charge in [0.1, 0.15) is 5.75 Å². The number of nitrogens with zero attached hydrogens (tertiary/aromatic N) is 2. The third-order valence-electron chi connectivity index (χ3n) is 7.26. The van der Waals surface area contributed by atoms with Gasteiger partial charge < -0.3 is 10.0 Å². The molecule has 1 N–H and O–H groups in total. The number of anilines is 1. The normalized spacial score (nSPS) is 19.2. The topological polar surface area (TPSA) is 35.8 Å². The molecule has 0 saturated heterocycles. The molecule has 0 unspecified atom stereocenters. The predicted octanol–water partition coefficient (Wildman–Crippen LogP) is 7.02. The zero-order valence-electron chi connectivity index (χ0n) is 19.1. The fraction of sp³-hybridized carbons (Fsp3) is 0.194. The van der Waals surface area contributed by atoms with Crippen molar-refractivity contribution < 1.29 is 5.11 Å². The summed E-state index contributed by atoms with van der Waals surface area (Å²) in [5, 5.41) is 9.60. The molecule has 0 aliphatic carbocycles. The number of benzene rings is 4. The van der Waals surface area contributed by atoms with Crippen LogP contribution < -0.4 is 4.90 Å². The zero-order chi connectivity index (χ0) is 22.9. The molecule has 4 aromatic rings. The van der Waals surface area contributed by atoms with Crippen molar-refractivity contribution in [3.8, 4) is 5.75 Å². The molecule has 0 amide bonds. The number of hydrogen-bond donors (Lipinski definition) is 1. The number of phenols is 1. The summed E-state index contributed by atoms with van der Waals surface area (Å²) in [6.45, 7) is 2.19. The second kappa shape index (κ2) is 8.83. The second-order valence-electron chi connectivity index (χ2n) is 9.31. The van der Waals surface area contributed by atoms with Crippen molar-refractivity contribution in [3.63, 3.8) is 0 Å². The fourth-order valence-corrected chi connectivity index (χ4v) is 5.62. The first-order chi connectivity index (χ1) is 16.8. The number of hydrogen-bond acceptors (Lipinski definition) is 3. The van der Waals surface area contributed by atoms with Crippen LogP contribution >= 0.6 is 0 Å². The average Bonchev–Trinajstić information content (AvgIpc) is 2.90. The maximum atomic E-state index is 9.60. The van der Waals surface area contributed by atoms with E-state index in [4.69, 9.17) is 4.99 Å². The summed E-state index contributed by atoms with van der Waals surface area (Å²) in [6, 6.07) is 33.6. The van der Waals surface area contributed by atoms with E-state index >= 15 is 0 Å². The molecule has 0 aromatic heterocycles. The van der Waals surface area contributed by atoms with Crippen LogP contribution in [0, 0.1) is 0 Å². The Kier molecular flexibility index (Phi) is 5.38. The summed E-state index contributed by atoms with van der Waals surface area (Å²) < 4.78 is 0. The van der Waals surface area contributed by atoms with Gasteiger partial charge in [-0.1, -0.05) is 60.7 Å². The van der Waals surface area contributed by atoms with E-state index < -0.39 is 0 Å². The van der Waals surface area contributed by atoms with Gasteiger partial charge in [0, 0.05) is 36.8 Å². The summed E-state index contributed by atoms with van der Waals surface area (Å²) in [4.78, 5) is 7.50. The summed E-state index contributed by atoms with van der Waals surface area (Å²) in [7, 11) is 0. The number of rotatable bonds is 4. The smallest absolute Gasteiger partial charge is 0.115 e. The zero-order valence-corrected chi connectivity index (χ0v) is 19.1. The van der Waals surface area contributed by atoms with Gasteiger partial charge in [-0.25, -0.2) is 0 Å². The Balaban J connectivity index is 1.49. The quantitative estimate of drug-likeness (QED) is 0.343. The van der Waals surface area contributed by atoms with Crippen LogP contribution in [0.2, 0.25) is 0 Å². The van der Waals surface area contributed by atoms with Crippen molar-refractivity contribution in [2.45, 2.75) is 24.7 Å². The van der Waals surface area contributed by atoms with Gasteiger partial charge in [0.25, 0.3) is 0 Å². The molecule has 2 heterocycles. The highest BCUT2D eigenvalue weighted by Gasteiger charge is 2.34. The fourth-order valence-electron chi connectivity index (χ4n) is 5.62. The SMILES string of the molecule is Oc1ccc(C=Nc2cc3c4c(c2)[C@H](c2ccccc2)CCN4CC[C@@H]3c2ccccc2)cc1. The number of aliphatic imine (C=N–C) groups is 1. The maximum Gasteiger partial charge on any atom is 0.115 e. The van der Waals surface area contributed by atoms with Gasteiger partial charge in [0.05, 0.1) is 5.69 Å². The van der Waals surface area contributed by atoms with E-state index in [2.05, 4.69) is 77.7 Å². The predicted molar refractivity (Wildman–Crippen MR) is 140 cm³/mol. The standard InChI is InChI=1S/C31H28N2O/c34-26-13-11-22(12-14-26)21-32-25-19-29-27(23-7-3-1-4-8-23)15-17-33-18-16-28(30(20-25)31(29)33)24-9-5-2-6-10-24/h1-14,19-21,27-28,34H,15-18H2/t27-,28+. The van der Waals surface area contributed by atoms with Gasteiger partial charge in [-0.15, -0.1) is 0 Å². The molecule has 2 aliphatic rings. The monoisotopic (exact) mass is 444 g/mol. The van der Waals surface area contributed by atoms with Gasteiger partial charge in [0.15, 0.2) is 0 Å². The molecule has 2 aliphatic heterocycles. The van der Waals surface area contributed by atoms with E-state index in [1.807, 2.05) is 18.3 Å². The molecular weight excluding hydrogens is 416 g/mol. The first-order valence-corrected chi connectivity index (χ1v) is 12.1. The van der Waals surface area contributed by atoms with Crippen LogP contribution in [-0.4, -0.2) is 24.4 Å². The van der Waals surface area contributed by atoms with Gasteiger partial charge in [-0.2, -0.15) is 0 Å². The van der Waals surface area contributed by atoms with E-state index in [-0.39, 0.29) is 5.75 Å². The maximum absolute atomic E-state index is 9.60. The highest BCUT2D eigenvalue weighted by atomic mass is 16.3. The van der Waals surface area contributed by atoms with Crippen LogP contribution in [0.1, 0.15) is 52.5 Å². The van der Waals surface area contributed by atoms with Crippen molar-refractivity contribution in [2.24, 2.45) is 4.99 Å². The van der Waals surface area contributed by atoms with Crippen LogP contribution in [0.15, 0.2) is 102 Å². The molecule has 34 heavy (non-hydrogen) atoms. The Labute approximate surface area is 201 Å². The van der Waals surface area contributed by atoms with E-state index in [1.54, 1.807) is 12.1 Å². The lowest BCUT2D eigenvalue weighted by molar-refractivity contribution is 0.475. The van der Waals surface area contributed by atoms with Crippen LogP contribution in [0.25, 0.3) is 0 Å². The van der Waals surface area contributed by atoms with E-state index in [0.717, 1.165) is 37.2 Å². The van der Waals surface area contributed by atoms with Crippen LogP contribution in [0.5, 0.6) is 5.75 Å². The average molecular weight is 445 g/mol. The summed E-state index contributed by atoms with van der Waals surface area (Å²) in [6.07, 6.45) is 4.14. The van der Waals surface area contributed by atoms with Gasteiger partial charge >= 0.3 is 0 Å². The Morgan fingerprint density at radius 1 is 0.706 bits per heavy atom.